The second-order valence-corrected chi connectivity index (χ2v) is 9.40. The normalized spacial score (nSPS) is 18.5. The Hall–Kier alpha value is -2.34. The van der Waals surface area contributed by atoms with Crippen LogP contribution in [0.15, 0.2) is 41.3 Å². The summed E-state index contributed by atoms with van der Waals surface area (Å²) in [5, 5.41) is 3.15. The van der Waals surface area contributed by atoms with Gasteiger partial charge in [-0.05, 0) is 43.5 Å². The van der Waals surface area contributed by atoms with Gasteiger partial charge in [-0.1, -0.05) is 37.5 Å². The van der Waals surface area contributed by atoms with Gasteiger partial charge in [-0.2, -0.15) is 0 Å². The van der Waals surface area contributed by atoms with Crippen molar-refractivity contribution in [1.82, 2.24) is 5.32 Å². The first kappa shape index (κ1) is 18.0. The molecule has 1 amide bonds. The Kier molecular flexibility index (Phi) is 4.46. The highest BCUT2D eigenvalue weighted by molar-refractivity contribution is 7.93. The smallest absolute Gasteiger partial charge is 0.264 e. The monoisotopic (exact) mass is 384 g/mol. The molecule has 142 valence electrons. The number of sulfonamides is 1. The van der Waals surface area contributed by atoms with Crippen LogP contribution in [0.4, 0.5) is 5.69 Å². The third kappa shape index (κ3) is 3.02. The van der Waals surface area contributed by atoms with Gasteiger partial charge in [0.15, 0.2) is 0 Å². The molecule has 4 rings (SSSR count). The predicted molar refractivity (Wildman–Crippen MR) is 107 cm³/mol. The van der Waals surface area contributed by atoms with E-state index in [1.54, 1.807) is 31.3 Å². The molecule has 0 bridgehead atoms. The Morgan fingerprint density at radius 3 is 2.52 bits per heavy atom. The van der Waals surface area contributed by atoms with Gasteiger partial charge in [0.1, 0.15) is 0 Å². The molecule has 2 aromatic carbocycles. The fourth-order valence-electron chi connectivity index (χ4n) is 4.23. The maximum atomic E-state index is 12.8. The number of nitrogens with zero attached hydrogens (tertiary/aromatic N) is 1. The molecule has 0 saturated heterocycles. The van der Waals surface area contributed by atoms with Crippen LogP contribution < -0.4 is 9.62 Å². The summed E-state index contributed by atoms with van der Waals surface area (Å²) in [6.07, 6.45) is 5.61. The van der Waals surface area contributed by atoms with Crippen LogP contribution in [0.5, 0.6) is 0 Å². The molecular formula is C21H24N2O3S. The maximum Gasteiger partial charge on any atom is 0.264 e. The first-order chi connectivity index (χ1) is 12.9. The second-order valence-electron chi connectivity index (χ2n) is 7.47. The fourth-order valence-corrected chi connectivity index (χ4v) is 5.72. The lowest BCUT2D eigenvalue weighted by molar-refractivity contribution is 0.0927. The number of aryl methyl sites for hydroxylation is 1. The van der Waals surface area contributed by atoms with Crippen molar-refractivity contribution in [3.05, 3.63) is 47.5 Å². The van der Waals surface area contributed by atoms with E-state index < -0.39 is 10.0 Å². The molecule has 1 aliphatic heterocycles. The lowest BCUT2D eigenvalue weighted by Crippen LogP contribution is -2.36. The summed E-state index contributed by atoms with van der Waals surface area (Å²) in [5.74, 6) is -0.0821. The van der Waals surface area contributed by atoms with Crippen LogP contribution in [0.2, 0.25) is 0 Å². The Balaban J connectivity index is 1.78. The number of rotatable bonds is 2. The van der Waals surface area contributed by atoms with Gasteiger partial charge in [-0.3, -0.25) is 9.10 Å². The molecule has 1 fully saturated rings. The average Bonchev–Trinajstić information content (AvgIpc) is 2.66. The predicted octanol–water partition coefficient (Wildman–Crippen LogP) is 3.86. The van der Waals surface area contributed by atoms with Gasteiger partial charge in [0.05, 0.1) is 10.6 Å². The van der Waals surface area contributed by atoms with E-state index in [1.165, 1.54) is 10.7 Å². The van der Waals surface area contributed by atoms with Crippen molar-refractivity contribution in [2.75, 3.05) is 11.4 Å². The summed E-state index contributed by atoms with van der Waals surface area (Å²) in [6, 6.07) is 10.8. The van der Waals surface area contributed by atoms with Crippen molar-refractivity contribution < 1.29 is 13.2 Å². The first-order valence-corrected chi connectivity index (χ1v) is 10.9. The Bertz CT molecular complexity index is 1010. The molecule has 1 aliphatic carbocycles. The molecule has 6 heteroatoms. The van der Waals surface area contributed by atoms with Crippen molar-refractivity contribution in [2.45, 2.75) is 50.0 Å². The average molecular weight is 385 g/mol. The van der Waals surface area contributed by atoms with Crippen LogP contribution in [0.1, 0.15) is 48.0 Å². The molecule has 0 aromatic heterocycles. The third-order valence-corrected chi connectivity index (χ3v) is 7.45. The topological polar surface area (TPSA) is 66.5 Å². The van der Waals surface area contributed by atoms with Gasteiger partial charge in [-0.15, -0.1) is 0 Å². The molecule has 0 atom stereocenters. The summed E-state index contributed by atoms with van der Waals surface area (Å²) in [6.45, 7) is 1.86. The molecule has 0 unspecified atom stereocenters. The summed E-state index contributed by atoms with van der Waals surface area (Å²) in [5.41, 5.74) is 3.45. The molecule has 0 radical (unpaired) electrons. The Morgan fingerprint density at radius 1 is 1.07 bits per heavy atom. The fraction of sp³-hybridized carbons (Fsp3) is 0.381. The summed E-state index contributed by atoms with van der Waals surface area (Å²) >= 11 is 0. The zero-order valence-electron chi connectivity index (χ0n) is 15.7. The van der Waals surface area contributed by atoms with E-state index in [4.69, 9.17) is 0 Å². The van der Waals surface area contributed by atoms with Crippen LogP contribution >= 0.6 is 0 Å². The summed E-state index contributed by atoms with van der Waals surface area (Å²) in [7, 11) is -2.01. The number of anilines is 1. The largest absolute Gasteiger partial charge is 0.349 e. The standard InChI is InChI=1S/C21H24N2O3S/c1-14-12-15(21(24)22-16-8-4-3-5-9-16)13-18-17-10-6-7-11-19(17)27(25,26)23(2)20(14)18/h6-7,10-13,16H,3-5,8-9H2,1-2H3,(H,22,24). The molecule has 2 aromatic rings. The van der Waals surface area contributed by atoms with Crippen LogP contribution in [0, 0.1) is 6.92 Å². The second kappa shape index (κ2) is 6.68. The number of fused-ring (bicyclic) bond motifs is 3. The first-order valence-electron chi connectivity index (χ1n) is 9.43. The minimum absolute atomic E-state index is 0.0821. The maximum absolute atomic E-state index is 12.8. The van der Waals surface area contributed by atoms with Crippen molar-refractivity contribution in [3.8, 4) is 11.1 Å². The van der Waals surface area contributed by atoms with E-state index in [0.717, 1.165) is 36.8 Å². The quantitative estimate of drug-likeness (QED) is 0.855. The van der Waals surface area contributed by atoms with Crippen LogP contribution in [-0.2, 0) is 10.0 Å². The number of benzene rings is 2. The molecule has 1 saturated carbocycles. The molecule has 0 spiro atoms. The Labute approximate surface area is 160 Å². The number of amides is 1. The van der Waals surface area contributed by atoms with E-state index in [2.05, 4.69) is 5.32 Å². The van der Waals surface area contributed by atoms with Crippen LogP contribution in [-0.4, -0.2) is 27.4 Å². The number of hydrogen-bond donors (Lipinski definition) is 1. The highest BCUT2D eigenvalue weighted by Gasteiger charge is 2.34. The number of hydrogen-bond acceptors (Lipinski definition) is 3. The van der Waals surface area contributed by atoms with Gasteiger partial charge in [-0.25, -0.2) is 8.42 Å². The molecule has 27 heavy (non-hydrogen) atoms. The molecule has 2 aliphatic rings. The molecule has 5 nitrogen and oxygen atoms in total. The van der Waals surface area contributed by atoms with Gasteiger partial charge >= 0.3 is 0 Å². The lowest BCUT2D eigenvalue weighted by Gasteiger charge is -2.31. The summed E-state index contributed by atoms with van der Waals surface area (Å²) < 4.78 is 27.0. The SMILES string of the molecule is Cc1cc(C(=O)NC2CCCCC2)cc2c1N(C)S(=O)(=O)c1ccccc1-2. The number of nitrogens with one attached hydrogen (secondary N) is 1. The van der Waals surface area contributed by atoms with Crippen molar-refractivity contribution in [3.63, 3.8) is 0 Å². The van der Waals surface area contributed by atoms with Gasteiger partial charge in [0.2, 0.25) is 0 Å². The Morgan fingerprint density at radius 2 is 1.78 bits per heavy atom. The zero-order chi connectivity index (χ0) is 19.2. The lowest BCUT2D eigenvalue weighted by atomic mass is 9.94. The highest BCUT2D eigenvalue weighted by atomic mass is 32.2. The third-order valence-electron chi connectivity index (χ3n) is 5.63. The molecular weight excluding hydrogens is 360 g/mol. The van der Waals surface area contributed by atoms with E-state index in [0.29, 0.717) is 16.8 Å². The van der Waals surface area contributed by atoms with E-state index in [1.807, 2.05) is 19.1 Å². The summed E-state index contributed by atoms with van der Waals surface area (Å²) in [4.78, 5) is 13.1. The van der Waals surface area contributed by atoms with Crippen molar-refractivity contribution >= 4 is 21.6 Å². The molecule has 1 heterocycles. The van der Waals surface area contributed by atoms with Crippen LogP contribution in [0.3, 0.4) is 0 Å². The van der Waals surface area contributed by atoms with E-state index in [9.17, 15) is 13.2 Å². The number of carbonyl (C=O) groups excluding carboxylic acids is 1. The van der Waals surface area contributed by atoms with Crippen molar-refractivity contribution in [1.29, 1.82) is 0 Å². The van der Waals surface area contributed by atoms with E-state index >= 15 is 0 Å². The minimum atomic E-state index is -3.58. The highest BCUT2D eigenvalue weighted by Crippen LogP contribution is 2.44. The van der Waals surface area contributed by atoms with Crippen molar-refractivity contribution in [2.24, 2.45) is 0 Å². The van der Waals surface area contributed by atoms with Gasteiger partial charge in [0.25, 0.3) is 15.9 Å². The minimum Gasteiger partial charge on any atom is -0.349 e. The van der Waals surface area contributed by atoms with Gasteiger partial charge in [0, 0.05) is 29.8 Å². The van der Waals surface area contributed by atoms with E-state index in [-0.39, 0.29) is 16.8 Å². The zero-order valence-corrected chi connectivity index (χ0v) is 16.5. The van der Waals surface area contributed by atoms with Gasteiger partial charge < -0.3 is 5.32 Å². The molecule has 1 N–H and O–H groups in total. The van der Waals surface area contributed by atoms with Crippen LogP contribution in [0.25, 0.3) is 11.1 Å². The number of carbonyl (C=O) groups is 1.